The molecule has 0 aliphatic rings. The number of benzene rings is 5. The maximum atomic E-state index is 13.5. The third-order valence-corrected chi connectivity index (χ3v) is 6.08. The Morgan fingerprint density at radius 1 is 0.513 bits per heavy atom. The summed E-state index contributed by atoms with van der Waals surface area (Å²) in [6, 6.07) is 33.2. The van der Waals surface area contributed by atoms with Crippen molar-refractivity contribution in [3.8, 4) is 45.3 Å². The molecule has 5 aromatic rings. The molecule has 4 N–H and O–H groups in total. The lowest BCUT2D eigenvalue weighted by Gasteiger charge is -2.18. The van der Waals surface area contributed by atoms with E-state index in [9.17, 15) is 13.2 Å². The van der Waals surface area contributed by atoms with Gasteiger partial charge in [0.1, 0.15) is 23.0 Å². The van der Waals surface area contributed by atoms with E-state index in [0.717, 1.165) is 5.56 Å². The van der Waals surface area contributed by atoms with Crippen molar-refractivity contribution in [2.75, 3.05) is 11.5 Å². The van der Waals surface area contributed by atoms with Gasteiger partial charge in [0, 0.05) is 11.4 Å². The van der Waals surface area contributed by atoms with Crippen molar-refractivity contribution in [3.63, 3.8) is 0 Å². The monoisotopic (exact) mass is 526 g/mol. The van der Waals surface area contributed by atoms with Gasteiger partial charge >= 0.3 is 6.18 Å². The fourth-order valence-electron chi connectivity index (χ4n) is 4.28. The lowest BCUT2D eigenvalue weighted by molar-refractivity contribution is -0.127. The minimum atomic E-state index is -4.36. The van der Waals surface area contributed by atoms with E-state index in [0.29, 0.717) is 51.1 Å². The quantitative estimate of drug-likeness (QED) is 0.208. The molecule has 196 valence electrons. The number of nitrogens with two attached hydrogens (primary N) is 2. The largest absolute Gasteiger partial charge is 0.457 e. The lowest BCUT2D eigenvalue weighted by atomic mass is 9.89. The summed E-state index contributed by atoms with van der Waals surface area (Å²) in [5.41, 5.74) is 15.5. The molecule has 0 radical (unpaired) electrons. The highest BCUT2D eigenvalue weighted by Crippen LogP contribution is 2.39. The van der Waals surface area contributed by atoms with Gasteiger partial charge in [-0.25, -0.2) is 0 Å². The van der Waals surface area contributed by atoms with Crippen LogP contribution < -0.4 is 20.9 Å². The van der Waals surface area contributed by atoms with Crippen molar-refractivity contribution >= 4 is 11.4 Å². The molecule has 0 fully saturated rings. The van der Waals surface area contributed by atoms with Crippen LogP contribution in [0, 0.1) is 0 Å². The molecule has 0 heterocycles. The highest BCUT2D eigenvalue weighted by atomic mass is 19.4. The van der Waals surface area contributed by atoms with Gasteiger partial charge in [-0.3, -0.25) is 0 Å². The Kier molecular flexibility index (Phi) is 7.14. The van der Waals surface area contributed by atoms with E-state index in [1.165, 1.54) is 6.07 Å². The Labute approximate surface area is 224 Å². The van der Waals surface area contributed by atoms with Crippen molar-refractivity contribution in [2.45, 2.75) is 12.6 Å². The summed E-state index contributed by atoms with van der Waals surface area (Å²) in [5.74, 6) is 2.39. The van der Waals surface area contributed by atoms with Crippen LogP contribution in [0.2, 0.25) is 0 Å². The molecule has 0 atom stereocenters. The second-order valence-electron chi connectivity index (χ2n) is 9.02. The average molecular weight is 527 g/mol. The second-order valence-corrected chi connectivity index (χ2v) is 9.02. The standard InChI is InChI=1S/C32H25F3N2O2/c33-32(34,35)20-23-2-1-3-30(21-4-12-26(13-5-21)38-28-16-8-24(36)9-17-28)31(23)22-6-14-27(15-7-22)39-29-18-10-25(37)11-19-29/h1-19H,20,36-37H2. The van der Waals surface area contributed by atoms with Crippen LogP contribution >= 0.6 is 0 Å². The maximum Gasteiger partial charge on any atom is 0.393 e. The van der Waals surface area contributed by atoms with E-state index in [2.05, 4.69) is 0 Å². The van der Waals surface area contributed by atoms with Crippen LogP contribution in [-0.2, 0) is 6.42 Å². The number of hydrogen-bond donors (Lipinski definition) is 2. The molecule has 0 unspecified atom stereocenters. The minimum absolute atomic E-state index is 0.189. The van der Waals surface area contributed by atoms with Crippen LogP contribution in [0.1, 0.15) is 5.56 Å². The van der Waals surface area contributed by atoms with Crippen molar-refractivity contribution in [1.82, 2.24) is 0 Å². The van der Waals surface area contributed by atoms with E-state index in [1.54, 1.807) is 91.0 Å². The van der Waals surface area contributed by atoms with Gasteiger partial charge in [-0.15, -0.1) is 0 Å². The molecule has 0 aliphatic carbocycles. The second kappa shape index (κ2) is 10.8. The first-order chi connectivity index (χ1) is 18.7. The first-order valence-electron chi connectivity index (χ1n) is 12.2. The zero-order chi connectivity index (χ0) is 27.4. The molecule has 0 saturated carbocycles. The fraction of sp³-hybridized carbons (Fsp3) is 0.0625. The molecule has 4 nitrogen and oxygen atoms in total. The molecule has 7 heteroatoms. The minimum Gasteiger partial charge on any atom is -0.457 e. The van der Waals surface area contributed by atoms with Crippen molar-refractivity contribution in [2.24, 2.45) is 0 Å². The maximum absolute atomic E-state index is 13.5. The van der Waals surface area contributed by atoms with Gasteiger partial charge in [-0.2, -0.15) is 13.2 Å². The topological polar surface area (TPSA) is 70.5 Å². The normalized spacial score (nSPS) is 11.3. The van der Waals surface area contributed by atoms with E-state index in [4.69, 9.17) is 20.9 Å². The Morgan fingerprint density at radius 3 is 1.36 bits per heavy atom. The van der Waals surface area contributed by atoms with Crippen molar-refractivity contribution in [1.29, 1.82) is 0 Å². The van der Waals surface area contributed by atoms with Gasteiger partial charge in [-0.1, -0.05) is 42.5 Å². The first kappa shape index (κ1) is 25.7. The number of anilines is 2. The molecule has 0 bridgehead atoms. The van der Waals surface area contributed by atoms with Crippen LogP contribution in [-0.4, -0.2) is 6.18 Å². The summed E-state index contributed by atoms with van der Waals surface area (Å²) in [6.45, 7) is 0. The molecular weight excluding hydrogens is 501 g/mol. The smallest absolute Gasteiger partial charge is 0.393 e. The predicted octanol–water partition coefficient (Wildman–Crippen LogP) is 8.87. The molecule has 0 aliphatic heterocycles. The molecule has 5 rings (SSSR count). The zero-order valence-electron chi connectivity index (χ0n) is 20.8. The SMILES string of the molecule is Nc1ccc(Oc2ccc(-c3cccc(CC(F)(F)F)c3-c3ccc(Oc4ccc(N)cc4)cc3)cc2)cc1. The number of alkyl halides is 3. The number of rotatable bonds is 7. The van der Waals surface area contributed by atoms with Crippen molar-refractivity contribution < 1.29 is 22.6 Å². The third-order valence-electron chi connectivity index (χ3n) is 6.08. The van der Waals surface area contributed by atoms with E-state index < -0.39 is 12.6 Å². The number of nitrogen functional groups attached to an aromatic ring is 2. The molecule has 0 aromatic heterocycles. The average Bonchev–Trinajstić information content (AvgIpc) is 2.91. The highest BCUT2D eigenvalue weighted by Gasteiger charge is 2.29. The van der Waals surface area contributed by atoms with Gasteiger partial charge in [0.25, 0.3) is 0 Å². The van der Waals surface area contributed by atoms with Gasteiger partial charge < -0.3 is 20.9 Å². The summed E-state index contributed by atoms with van der Waals surface area (Å²) >= 11 is 0. The Balaban J connectivity index is 1.47. The molecule has 5 aromatic carbocycles. The first-order valence-corrected chi connectivity index (χ1v) is 12.2. The summed E-state index contributed by atoms with van der Waals surface area (Å²) in [5, 5.41) is 0. The van der Waals surface area contributed by atoms with E-state index >= 15 is 0 Å². The molecule has 0 spiro atoms. The van der Waals surface area contributed by atoms with Crippen molar-refractivity contribution in [3.05, 3.63) is 121 Å². The number of halogens is 3. The summed E-state index contributed by atoms with van der Waals surface area (Å²) < 4.78 is 52.3. The lowest BCUT2D eigenvalue weighted by Crippen LogP contribution is -2.12. The highest BCUT2D eigenvalue weighted by molar-refractivity contribution is 5.86. The Bertz CT molecular complexity index is 1550. The summed E-state index contributed by atoms with van der Waals surface area (Å²) in [6.07, 6.45) is -5.40. The number of ether oxygens (including phenoxy) is 2. The Hall–Kier alpha value is -4.91. The molecule has 0 amide bonds. The molecular formula is C32H25F3N2O2. The summed E-state index contributed by atoms with van der Waals surface area (Å²) in [4.78, 5) is 0. The van der Waals surface area contributed by atoms with Gasteiger partial charge in [0.2, 0.25) is 0 Å². The van der Waals surface area contributed by atoms with Crippen LogP contribution in [0.15, 0.2) is 115 Å². The van der Waals surface area contributed by atoms with Crippen LogP contribution in [0.3, 0.4) is 0 Å². The third kappa shape index (κ3) is 6.51. The predicted molar refractivity (Wildman–Crippen MR) is 149 cm³/mol. The van der Waals surface area contributed by atoms with Crippen LogP contribution in [0.5, 0.6) is 23.0 Å². The van der Waals surface area contributed by atoms with E-state index in [-0.39, 0.29) is 5.56 Å². The van der Waals surface area contributed by atoms with Crippen LogP contribution in [0.25, 0.3) is 22.3 Å². The number of hydrogen-bond acceptors (Lipinski definition) is 4. The summed E-state index contributed by atoms with van der Waals surface area (Å²) in [7, 11) is 0. The zero-order valence-corrected chi connectivity index (χ0v) is 20.8. The van der Waals surface area contributed by atoms with Crippen LogP contribution in [0.4, 0.5) is 24.5 Å². The molecule has 0 saturated heterocycles. The van der Waals surface area contributed by atoms with Gasteiger partial charge in [-0.05, 0) is 101 Å². The van der Waals surface area contributed by atoms with Gasteiger partial charge in [0.15, 0.2) is 0 Å². The van der Waals surface area contributed by atoms with Gasteiger partial charge in [0.05, 0.1) is 6.42 Å². The fourth-order valence-corrected chi connectivity index (χ4v) is 4.28. The van der Waals surface area contributed by atoms with E-state index in [1.807, 2.05) is 18.2 Å². The molecule has 39 heavy (non-hydrogen) atoms. The Morgan fingerprint density at radius 2 is 0.923 bits per heavy atom.